The van der Waals surface area contributed by atoms with E-state index in [1.54, 1.807) is 12.1 Å². The molecular formula is C12H16NO8S+. The second-order valence-corrected chi connectivity index (χ2v) is 5.95. The monoisotopic (exact) mass is 334 g/mol. The van der Waals surface area contributed by atoms with Gasteiger partial charge in [0, 0.05) is 6.07 Å². The molecule has 0 saturated carbocycles. The lowest BCUT2D eigenvalue weighted by atomic mass is 10.1. The molecule has 0 bridgehead atoms. The predicted octanol–water partition coefficient (Wildman–Crippen LogP) is -1.38. The Morgan fingerprint density at radius 1 is 1.41 bits per heavy atom. The lowest BCUT2D eigenvalue weighted by Gasteiger charge is -2.11. The van der Waals surface area contributed by atoms with Crippen LogP contribution in [0.4, 0.5) is 0 Å². The Bertz CT molecular complexity index is 661. The number of rotatable bonds is 5. The fraction of sp³-hybridized carbons (Fsp3) is 0.500. The molecule has 1 aromatic heterocycles. The van der Waals surface area contributed by atoms with Gasteiger partial charge in [0.1, 0.15) is 12.2 Å². The molecule has 2 heterocycles. The second-order valence-electron chi connectivity index (χ2n) is 4.85. The largest absolute Gasteiger partial charge is 0.397 e. The second kappa shape index (κ2) is 6.36. The summed E-state index contributed by atoms with van der Waals surface area (Å²) in [6, 6.07) is 3.15. The predicted molar refractivity (Wildman–Crippen MR) is 70.1 cm³/mol. The van der Waals surface area contributed by atoms with Crippen LogP contribution in [0.15, 0.2) is 24.5 Å². The molecule has 0 aliphatic carbocycles. The van der Waals surface area contributed by atoms with Crippen molar-refractivity contribution < 1.29 is 41.5 Å². The average molecular weight is 334 g/mol. The van der Waals surface area contributed by atoms with Crippen molar-refractivity contribution in [2.24, 2.45) is 0 Å². The number of nitrogens with zero attached hydrogens (tertiary/aromatic N) is 1. The highest BCUT2D eigenvalue weighted by Crippen LogP contribution is 2.26. The highest BCUT2D eigenvalue weighted by atomic mass is 32.3. The number of aliphatic hydroxyl groups excluding tert-OH is 2. The Labute approximate surface area is 126 Å². The van der Waals surface area contributed by atoms with E-state index in [2.05, 4.69) is 4.18 Å². The first-order chi connectivity index (χ1) is 10.2. The molecule has 0 unspecified atom stereocenters. The number of hydrogen-bond donors (Lipinski definition) is 3. The van der Waals surface area contributed by atoms with Crippen molar-refractivity contribution >= 4 is 16.2 Å². The maximum Gasteiger partial charge on any atom is 0.397 e. The lowest BCUT2D eigenvalue weighted by Crippen LogP contribution is -2.46. The van der Waals surface area contributed by atoms with Crippen LogP contribution >= 0.6 is 0 Å². The van der Waals surface area contributed by atoms with E-state index in [9.17, 15) is 23.4 Å². The maximum atomic E-state index is 11.4. The number of pyridine rings is 1. The van der Waals surface area contributed by atoms with E-state index in [-0.39, 0.29) is 5.78 Å². The standard InChI is InChI=1S/C12H15NO8S/c1-7(14)8-3-2-4-13(5-8)12-11(16)10(15)9(21-12)6-20-22(17,18)19/h2-5,9-12,15-16H,6H2,1H3/p+1/t9-,10-,11-,12-/m1/s1. The summed E-state index contributed by atoms with van der Waals surface area (Å²) in [5.41, 5.74) is 0.380. The Morgan fingerprint density at radius 2 is 2.09 bits per heavy atom. The van der Waals surface area contributed by atoms with Crippen molar-refractivity contribution in [3.63, 3.8) is 0 Å². The van der Waals surface area contributed by atoms with Crippen molar-refractivity contribution in [2.45, 2.75) is 31.5 Å². The van der Waals surface area contributed by atoms with Gasteiger partial charge in [-0.05, 0) is 13.0 Å². The van der Waals surface area contributed by atoms with E-state index >= 15 is 0 Å². The van der Waals surface area contributed by atoms with E-state index in [4.69, 9.17) is 9.29 Å². The molecule has 9 nitrogen and oxygen atoms in total. The van der Waals surface area contributed by atoms with Crippen LogP contribution in [0, 0.1) is 0 Å². The van der Waals surface area contributed by atoms with Gasteiger partial charge in [0.15, 0.2) is 24.3 Å². The minimum absolute atomic E-state index is 0.186. The topological polar surface area (TPSA) is 134 Å². The van der Waals surface area contributed by atoms with Crippen LogP contribution in [0.2, 0.25) is 0 Å². The molecule has 1 saturated heterocycles. The summed E-state index contributed by atoms with van der Waals surface area (Å²) in [6.07, 6.45) is -1.99. The first-order valence-electron chi connectivity index (χ1n) is 6.34. The third-order valence-electron chi connectivity index (χ3n) is 3.24. The molecular weight excluding hydrogens is 318 g/mol. The molecule has 0 aromatic carbocycles. The van der Waals surface area contributed by atoms with Crippen molar-refractivity contribution in [3.8, 4) is 0 Å². The molecule has 122 valence electrons. The Balaban J connectivity index is 2.16. The highest BCUT2D eigenvalue weighted by molar-refractivity contribution is 7.80. The summed E-state index contributed by atoms with van der Waals surface area (Å²) < 4.78 is 40.5. The van der Waals surface area contributed by atoms with Gasteiger partial charge in [-0.15, -0.1) is 0 Å². The molecule has 10 heteroatoms. The molecule has 0 spiro atoms. The molecule has 2 rings (SSSR count). The van der Waals surface area contributed by atoms with Crippen LogP contribution in [0.1, 0.15) is 23.5 Å². The van der Waals surface area contributed by atoms with Gasteiger partial charge >= 0.3 is 10.4 Å². The number of hydrogen-bond acceptors (Lipinski definition) is 7. The van der Waals surface area contributed by atoms with E-state index < -0.39 is 41.5 Å². The third-order valence-corrected chi connectivity index (χ3v) is 3.67. The zero-order chi connectivity index (χ0) is 16.5. The third kappa shape index (κ3) is 3.85. The van der Waals surface area contributed by atoms with E-state index in [1.807, 2.05) is 0 Å². The number of Topliss-reactive ketones (excluding diaryl/α,β-unsaturated/α-hetero) is 1. The quantitative estimate of drug-likeness (QED) is 0.340. The fourth-order valence-electron chi connectivity index (χ4n) is 2.13. The number of aliphatic hydroxyl groups is 2. The number of aromatic nitrogens is 1. The van der Waals surface area contributed by atoms with Gasteiger partial charge in [0.2, 0.25) is 0 Å². The summed E-state index contributed by atoms with van der Waals surface area (Å²) >= 11 is 0. The molecule has 22 heavy (non-hydrogen) atoms. The van der Waals surface area contributed by atoms with Crippen LogP contribution < -0.4 is 4.57 Å². The molecule has 1 aliphatic rings. The smallest absolute Gasteiger partial charge is 0.387 e. The van der Waals surface area contributed by atoms with Crippen molar-refractivity contribution in [3.05, 3.63) is 30.1 Å². The van der Waals surface area contributed by atoms with Crippen molar-refractivity contribution in [2.75, 3.05) is 6.61 Å². The number of carbonyl (C=O) groups excluding carboxylic acids is 1. The number of ether oxygens (including phenoxy) is 1. The van der Waals surface area contributed by atoms with Crippen LogP contribution in [0.25, 0.3) is 0 Å². The van der Waals surface area contributed by atoms with Gasteiger partial charge < -0.3 is 14.9 Å². The normalized spacial score (nSPS) is 28.7. The first-order valence-corrected chi connectivity index (χ1v) is 7.71. The molecule has 4 atom stereocenters. The van der Waals surface area contributed by atoms with E-state index in [0.29, 0.717) is 5.56 Å². The Kier molecular flexibility index (Phi) is 4.90. The van der Waals surface area contributed by atoms with Gasteiger partial charge in [0.05, 0.1) is 12.2 Å². The van der Waals surface area contributed by atoms with E-state index in [0.717, 1.165) is 0 Å². The van der Waals surface area contributed by atoms with Crippen LogP contribution in [-0.2, 0) is 19.3 Å². The van der Waals surface area contributed by atoms with Gasteiger partial charge in [-0.1, -0.05) is 0 Å². The van der Waals surface area contributed by atoms with Gasteiger partial charge in [0.25, 0.3) is 6.23 Å². The van der Waals surface area contributed by atoms with Crippen molar-refractivity contribution in [1.29, 1.82) is 0 Å². The summed E-state index contributed by atoms with van der Waals surface area (Å²) in [7, 11) is -4.68. The summed E-state index contributed by atoms with van der Waals surface area (Å²) in [5, 5.41) is 19.8. The zero-order valence-electron chi connectivity index (χ0n) is 11.6. The number of carbonyl (C=O) groups is 1. The van der Waals surface area contributed by atoms with Crippen LogP contribution in [0.5, 0.6) is 0 Å². The lowest BCUT2D eigenvalue weighted by molar-refractivity contribution is -0.765. The SMILES string of the molecule is CC(=O)c1ccc[n+]([C@@H]2O[C@H](COS(=O)(=O)O)[C@@H](O)[C@H]2O)c1. The minimum atomic E-state index is -4.68. The van der Waals surface area contributed by atoms with Crippen LogP contribution in [-0.4, -0.2) is 53.9 Å². The highest BCUT2D eigenvalue weighted by Gasteiger charge is 2.48. The molecule has 1 aliphatic heterocycles. The van der Waals surface area contributed by atoms with Gasteiger partial charge in [-0.3, -0.25) is 9.35 Å². The first kappa shape index (κ1) is 16.9. The zero-order valence-corrected chi connectivity index (χ0v) is 12.4. The fourth-order valence-corrected chi connectivity index (χ4v) is 2.43. The van der Waals surface area contributed by atoms with E-state index in [1.165, 1.54) is 23.9 Å². The van der Waals surface area contributed by atoms with Gasteiger partial charge in [-0.2, -0.15) is 13.0 Å². The molecule has 1 fully saturated rings. The number of ketones is 1. The maximum absolute atomic E-state index is 11.4. The average Bonchev–Trinajstić information content (AvgIpc) is 2.72. The molecule has 3 N–H and O–H groups in total. The minimum Gasteiger partial charge on any atom is -0.387 e. The Hall–Kier alpha value is -1.43. The Morgan fingerprint density at radius 3 is 2.68 bits per heavy atom. The summed E-state index contributed by atoms with van der Waals surface area (Å²) in [4.78, 5) is 11.4. The van der Waals surface area contributed by atoms with Crippen molar-refractivity contribution in [1.82, 2.24) is 0 Å². The summed E-state index contributed by atoms with van der Waals surface area (Å²) in [5.74, 6) is -0.186. The van der Waals surface area contributed by atoms with Gasteiger partial charge in [-0.25, -0.2) is 4.18 Å². The summed E-state index contributed by atoms with van der Waals surface area (Å²) in [6.45, 7) is 0.726. The molecule has 0 amide bonds. The molecule has 0 radical (unpaired) electrons. The van der Waals surface area contributed by atoms with Crippen LogP contribution in [0.3, 0.4) is 0 Å². The molecule has 1 aromatic rings.